The number of aliphatic hydroxyl groups is 1. The van der Waals surface area contributed by atoms with Crippen LogP contribution in [-0.2, 0) is 65.4 Å². The lowest BCUT2D eigenvalue weighted by Crippen LogP contribution is -2.30. The minimum absolute atomic E-state index is 0.107. The van der Waals surface area contributed by atoms with Crippen LogP contribution in [0.5, 0.6) is 0 Å². The summed E-state index contributed by atoms with van der Waals surface area (Å²) < 4.78 is 69.0. The highest BCUT2D eigenvalue weighted by atomic mass is 31.2. The van der Waals surface area contributed by atoms with E-state index in [4.69, 9.17) is 37.0 Å². The van der Waals surface area contributed by atoms with Crippen LogP contribution in [-0.4, -0.2) is 96.7 Å². The van der Waals surface area contributed by atoms with Gasteiger partial charge in [0, 0.05) is 25.7 Å². The molecule has 0 fully saturated rings. The minimum atomic E-state index is -4.97. The second kappa shape index (κ2) is 78.9. The Morgan fingerprint density at radius 3 is 0.630 bits per heavy atom. The maximum absolute atomic E-state index is 13.2. The van der Waals surface area contributed by atoms with Gasteiger partial charge in [-0.05, 0) is 43.4 Å². The van der Waals surface area contributed by atoms with Gasteiger partial charge in [0.15, 0.2) is 12.2 Å². The number of rotatable bonds is 87. The lowest BCUT2D eigenvalue weighted by molar-refractivity contribution is -0.161. The van der Waals surface area contributed by atoms with Crippen LogP contribution < -0.4 is 0 Å². The van der Waals surface area contributed by atoms with Crippen molar-refractivity contribution in [3.63, 3.8) is 0 Å². The predicted molar refractivity (Wildman–Crippen MR) is 446 cm³/mol. The highest BCUT2D eigenvalue weighted by Crippen LogP contribution is 2.45. The summed E-state index contributed by atoms with van der Waals surface area (Å²) in [6.45, 7) is 12.0. The van der Waals surface area contributed by atoms with Gasteiger partial charge in [0.1, 0.15) is 19.3 Å². The van der Waals surface area contributed by atoms with Crippen molar-refractivity contribution in [1.82, 2.24) is 0 Å². The van der Waals surface area contributed by atoms with Crippen molar-refractivity contribution in [3.8, 4) is 0 Å². The van der Waals surface area contributed by atoms with Gasteiger partial charge < -0.3 is 33.8 Å². The van der Waals surface area contributed by atoms with Gasteiger partial charge in [-0.3, -0.25) is 37.3 Å². The van der Waals surface area contributed by atoms with Crippen LogP contribution >= 0.6 is 15.6 Å². The van der Waals surface area contributed by atoms with Crippen molar-refractivity contribution in [2.45, 2.75) is 491 Å². The number of unbranched alkanes of at least 4 members (excludes halogenated alkanes) is 55. The molecule has 0 aromatic heterocycles. The van der Waals surface area contributed by atoms with Crippen molar-refractivity contribution in [2.75, 3.05) is 39.6 Å². The summed E-state index contributed by atoms with van der Waals surface area (Å²) in [5.41, 5.74) is 0. The molecule has 642 valence electrons. The topological polar surface area (TPSA) is 237 Å². The average Bonchev–Trinajstić information content (AvgIpc) is 0.898. The Kier molecular flexibility index (Phi) is 77.5. The van der Waals surface area contributed by atoms with E-state index in [2.05, 4.69) is 48.5 Å². The molecule has 108 heavy (non-hydrogen) atoms. The molecule has 0 rings (SSSR count). The molecule has 0 saturated heterocycles. The standard InChI is InChI=1S/C89H174O17P2/c1-8-9-10-11-12-13-14-15-16-17-18-19-20-21-22-27-33-38-43-50-58-65-72-88(93)105-84(76-99-86(91)70-63-56-49-42-37-32-28-23-25-30-35-40-46-53-60-67-80(2)3)78-103-107(95,96)101-74-83(90)75-102-108(97,98)104-79-85(77-100-87(92)71-64-57-52-45-48-55-62-69-82(6)7)106-89(94)73-66-59-51-44-39-34-29-24-26-31-36-41-47-54-61-68-81(4)5/h80-85,90H,8-79H2,1-7H3,(H,95,96)(H,97,98)/t83-,84-,85-/m1/s1. The first-order valence-electron chi connectivity index (χ1n) is 45.8. The second-order valence-corrected chi connectivity index (χ2v) is 36.3. The summed E-state index contributed by atoms with van der Waals surface area (Å²) in [7, 11) is -9.93. The Bertz CT molecular complexity index is 2080. The zero-order valence-electron chi connectivity index (χ0n) is 71.3. The van der Waals surface area contributed by atoms with Crippen molar-refractivity contribution >= 4 is 39.5 Å². The van der Waals surface area contributed by atoms with Gasteiger partial charge >= 0.3 is 39.5 Å². The molecule has 19 heteroatoms. The first-order chi connectivity index (χ1) is 52.2. The van der Waals surface area contributed by atoms with E-state index in [9.17, 15) is 43.2 Å². The fraction of sp³-hybridized carbons (Fsp3) is 0.955. The Morgan fingerprint density at radius 2 is 0.426 bits per heavy atom. The van der Waals surface area contributed by atoms with Crippen LogP contribution in [0, 0.1) is 17.8 Å². The quantitative estimate of drug-likeness (QED) is 0.0222. The normalized spacial score (nSPS) is 13.8. The number of carbonyl (C=O) groups is 4. The largest absolute Gasteiger partial charge is 0.472 e. The highest BCUT2D eigenvalue weighted by molar-refractivity contribution is 7.47. The van der Waals surface area contributed by atoms with Gasteiger partial charge in [0.25, 0.3) is 0 Å². The molecular formula is C89H174O17P2. The van der Waals surface area contributed by atoms with Crippen molar-refractivity contribution in [1.29, 1.82) is 0 Å². The third-order valence-corrected chi connectivity index (χ3v) is 22.8. The number of phosphoric ester groups is 2. The number of esters is 4. The molecule has 0 aromatic carbocycles. The molecule has 3 N–H and O–H groups in total. The predicted octanol–water partition coefficient (Wildman–Crippen LogP) is 27.3. The molecule has 0 aliphatic rings. The van der Waals surface area contributed by atoms with E-state index in [1.165, 1.54) is 276 Å². The average molecular weight is 1580 g/mol. The summed E-state index contributed by atoms with van der Waals surface area (Å²) in [5.74, 6) is 0.211. The van der Waals surface area contributed by atoms with Gasteiger partial charge in [0.2, 0.25) is 0 Å². The lowest BCUT2D eigenvalue weighted by Gasteiger charge is -2.21. The Balaban J connectivity index is 5.22. The second-order valence-electron chi connectivity index (χ2n) is 33.4. The molecule has 0 aliphatic carbocycles. The minimum Gasteiger partial charge on any atom is -0.462 e. The summed E-state index contributed by atoms with van der Waals surface area (Å²) in [4.78, 5) is 73.3. The molecule has 0 aliphatic heterocycles. The van der Waals surface area contributed by atoms with E-state index in [1.807, 2.05) is 0 Å². The van der Waals surface area contributed by atoms with Gasteiger partial charge in [-0.25, -0.2) is 9.13 Å². The maximum Gasteiger partial charge on any atom is 0.472 e. The molecular weight excluding hydrogens is 1400 g/mol. The molecule has 2 unspecified atom stereocenters. The number of phosphoric acid groups is 2. The Hall–Kier alpha value is -1.94. The van der Waals surface area contributed by atoms with Gasteiger partial charge in [-0.1, -0.05) is 421 Å². The van der Waals surface area contributed by atoms with Crippen LogP contribution in [0.3, 0.4) is 0 Å². The van der Waals surface area contributed by atoms with E-state index in [0.29, 0.717) is 31.6 Å². The highest BCUT2D eigenvalue weighted by Gasteiger charge is 2.31. The summed E-state index contributed by atoms with van der Waals surface area (Å²) >= 11 is 0. The monoisotopic (exact) mass is 1580 g/mol. The number of carbonyl (C=O) groups excluding carboxylic acids is 4. The third-order valence-electron chi connectivity index (χ3n) is 20.9. The molecule has 0 spiro atoms. The molecule has 5 atom stereocenters. The number of ether oxygens (including phenoxy) is 4. The summed E-state index contributed by atoms with van der Waals surface area (Å²) in [6.07, 6.45) is 71.0. The molecule has 17 nitrogen and oxygen atoms in total. The molecule has 0 bridgehead atoms. The Labute approximate surface area is 664 Å². The molecule has 0 aromatic rings. The lowest BCUT2D eigenvalue weighted by atomic mass is 10.0. The third kappa shape index (κ3) is 82.1. The van der Waals surface area contributed by atoms with E-state index in [0.717, 1.165) is 108 Å². The molecule has 0 amide bonds. The summed E-state index contributed by atoms with van der Waals surface area (Å²) in [6, 6.07) is 0. The molecule has 0 saturated carbocycles. The first-order valence-corrected chi connectivity index (χ1v) is 48.8. The van der Waals surface area contributed by atoms with Crippen molar-refractivity contribution in [2.24, 2.45) is 17.8 Å². The SMILES string of the molecule is CCCCCCCCCCCCCCCCCCCCCCCCC(=O)O[C@H](COC(=O)CCCCCCCCCCCCCCCCCC(C)C)COP(=O)(O)OC[C@@H](O)COP(=O)(O)OC[C@@H](COC(=O)CCCCCCCCCC(C)C)OC(=O)CCCCCCCCCCCCCCCCCC(C)C. The van der Waals surface area contributed by atoms with Gasteiger partial charge in [-0.15, -0.1) is 0 Å². The molecule has 0 heterocycles. The Morgan fingerprint density at radius 1 is 0.250 bits per heavy atom. The zero-order chi connectivity index (χ0) is 79.3. The van der Waals surface area contributed by atoms with E-state index in [-0.39, 0.29) is 25.7 Å². The zero-order valence-corrected chi connectivity index (χ0v) is 73.1. The van der Waals surface area contributed by atoms with Crippen molar-refractivity contribution < 1.29 is 80.2 Å². The van der Waals surface area contributed by atoms with Crippen LogP contribution in [0.1, 0.15) is 472 Å². The molecule has 0 radical (unpaired) electrons. The maximum atomic E-state index is 13.2. The number of aliphatic hydroxyl groups excluding tert-OH is 1. The van der Waals surface area contributed by atoms with E-state index < -0.39 is 97.5 Å². The van der Waals surface area contributed by atoms with E-state index in [1.54, 1.807) is 0 Å². The van der Waals surface area contributed by atoms with E-state index >= 15 is 0 Å². The van der Waals surface area contributed by atoms with Crippen LogP contribution in [0.4, 0.5) is 0 Å². The van der Waals surface area contributed by atoms with Crippen molar-refractivity contribution in [3.05, 3.63) is 0 Å². The van der Waals surface area contributed by atoms with Gasteiger partial charge in [0.05, 0.1) is 26.4 Å². The van der Waals surface area contributed by atoms with Crippen LogP contribution in [0.15, 0.2) is 0 Å². The number of hydrogen-bond donors (Lipinski definition) is 3. The van der Waals surface area contributed by atoms with Gasteiger partial charge in [-0.2, -0.15) is 0 Å². The van der Waals surface area contributed by atoms with Crippen LogP contribution in [0.25, 0.3) is 0 Å². The fourth-order valence-electron chi connectivity index (χ4n) is 13.9. The smallest absolute Gasteiger partial charge is 0.462 e. The summed E-state index contributed by atoms with van der Waals surface area (Å²) in [5, 5.41) is 10.7. The first kappa shape index (κ1) is 106. The van der Waals surface area contributed by atoms with Crippen LogP contribution in [0.2, 0.25) is 0 Å². The number of hydrogen-bond acceptors (Lipinski definition) is 15. The fourth-order valence-corrected chi connectivity index (χ4v) is 15.5.